The van der Waals surface area contributed by atoms with Gasteiger partial charge in [0, 0.05) is 23.3 Å². The minimum absolute atomic E-state index is 0.117. The van der Waals surface area contributed by atoms with E-state index in [2.05, 4.69) is 74.4 Å². The third-order valence-corrected chi connectivity index (χ3v) is 3.24. The molecule has 2 N–H and O–H groups in total. The fourth-order valence-electron chi connectivity index (χ4n) is 1.86. The van der Waals surface area contributed by atoms with Gasteiger partial charge in [-0.15, -0.1) is 0 Å². The number of rotatable bonds is 3. The van der Waals surface area contributed by atoms with Crippen molar-refractivity contribution in [1.82, 2.24) is 15.5 Å². The van der Waals surface area contributed by atoms with Gasteiger partial charge in [0.1, 0.15) is 0 Å². The molecule has 1 aromatic heterocycles. The Morgan fingerprint density at radius 3 is 2.47 bits per heavy atom. The molecule has 0 aliphatic heterocycles. The second kappa shape index (κ2) is 5.17. The molecule has 0 aliphatic carbocycles. The van der Waals surface area contributed by atoms with Crippen LogP contribution in [0, 0.1) is 13.8 Å². The summed E-state index contributed by atoms with van der Waals surface area (Å²) in [5.41, 5.74) is 6.02. The summed E-state index contributed by atoms with van der Waals surface area (Å²) < 4.78 is 0. The molecule has 0 unspecified atom stereocenters. The lowest BCUT2D eigenvalue weighted by Gasteiger charge is -2.19. The van der Waals surface area contributed by atoms with Gasteiger partial charge in [-0.25, -0.2) is 0 Å². The fraction of sp³-hybridized carbons (Fsp3) is 0.438. The quantitative estimate of drug-likeness (QED) is 0.882. The maximum absolute atomic E-state index is 4.39. The lowest BCUT2D eigenvalue weighted by molar-refractivity contribution is 0.421. The summed E-state index contributed by atoms with van der Waals surface area (Å²) in [5.74, 6) is 0. The normalized spacial score (nSPS) is 11.8. The van der Waals surface area contributed by atoms with Gasteiger partial charge in [-0.2, -0.15) is 5.10 Å². The molecule has 0 atom stereocenters. The summed E-state index contributed by atoms with van der Waals surface area (Å²) in [4.78, 5) is 0. The number of H-pyrrole nitrogens is 1. The highest BCUT2D eigenvalue weighted by atomic mass is 15.1. The van der Waals surface area contributed by atoms with Gasteiger partial charge in [-0.05, 0) is 57.9 Å². The molecule has 0 fully saturated rings. The molecule has 3 nitrogen and oxygen atoms in total. The van der Waals surface area contributed by atoms with E-state index in [1.807, 2.05) is 0 Å². The molecular weight excluding hydrogens is 234 g/mol. The van der Waals surface area contributed by atoms with Crippen LogP contribution < -0.4 is 5.32 Å². The van der Waals surface area contributed by atoms with Crippen LogP contribution in [0.25, 0.3) is 11.3 Å². The van der Waals surface area contributed by atoms with E-state index in [0.29, 0.717) is 0 Å². The molecule has 0 saturated carbocycles. The van der Waals surface area contributed by atoms with Crippen molar-refractivity contribution < 1.29 is 0 Å². The predicted octanol–water partition coefficient (Wildman–Crippen LogP) is 3.58. The molecule has 2 aromatic rings. The molecule has 0 radical (unpaired) electrons. The van der Waals surface area contributed by atoms with Gasteiger partial charge >= 0.3 is 0 Å². The minimum atomic E-state index is 0.117. The van der Waals surface area contributed by atoms with Crippen LogP contribution in [0.4, 0.5) is 0 Å². The molecular formula is C16H23N3. The van der Waals surface area contributed by atoms with Gasteiger partial charge < -0.3 is 5.32 Å². The van der Waals surface area contributed by atoms with Gasteiger partial charge in [0.25, 0.3) is 0 Å². The first-order valence-electron chi connectivity index (χ1n) is 6.72. The largest absolute Gasteiger partial charge is 0.306 e. The van der Waals surface area contributed by atoms with Crippen molar-refractivity contribution in [3.8, 4) is 11.3 Å². The van der Waals surface area contributed by atoms with Gasteiger partial charge in [0.2, 0.25) is 0 Å². The van der Waals surface area contributed by atoms with E-state index in [1.54, 1.807) is 0 Å². The summed E-state index contributed by atoms with van der Waals surface area (Å²) in [6, 6.07) is 8.57. The van der Waals surface area contributed by atoms with Crippen molar-refractivity contribution in [3.63, 3.8) is 0 Å². The Bertz CT molecular complexity index is 562. The zero-order chi connectivity index (χ0) is 14.0. The SMILES string of the molecule is Cc1ccc(-c2cc(CNC(C)(C)C)[nH]n2)cc1C. The van der Waals surface area contributed by atoms with Crippen molar-refractivity contribution >= 4 is 0 Å². The Labute approximate surface area is 115 Å². The van der Waals surface area contributed by atoms with Gasteiger partial charge in [0.05, 0.1) is 5.69 Å². The smallest absolute Gasteiger partial charge is 0.0924 e. The van der Waals surface area contributed by atoms with Crippen LogP contribution >= 0.6 is 0 Å². The first kappa shape index (κ1) is 13.8. The number of benzene rings is 1. The summed E-state index contributed by atoms with van der Waals surface area (Å²) >= 11 is 0. The van der Waals surface area contributed by atoms with Gasteiger partial charge in [-0.3, -0.25) is 5.10 Å². The van der Waals surface area contributed by atoms with Crippen LogP contribution in [-0.4, -0.2) is 15.7 Å². The van der Waals surface area contributed by atoms with Crippen LogP contribution in [0.3, 0.4) is 0 Å². The first-order valence-corrected chi connectivity index (χ1v) is 6.72. The summed E-state index contributed by atoms with van der Waals surface area (Å²) in [6.45, 7) is 11.5. The third kappa shape index (κ3) is 3.67. The lowest BCUT2D eigenvalue weighted by atomic mass is 10.0. The average molecular weight is 257 g/mol. The van der Waals surface area contributed by atoms with Crippen LogP contribution in [0.1, 0.15) is 37.6 Å². The number of nitrogens with one attached hydrogen (secondary N) is 2. The van der Waals surface area contributed by atoms with Crippen molar-refractivity contribution in [2.75, 3.05) is 0 Å². The van der Waals surface area contributed by atoms with E-state index in [4.69, 9.17) is 0 Å². The molecule has 1 aromatic carbocycles. The number of aryl methyl sites for hydroxylation is 2. The molecule has 0 amide bonds. The number of nitrogens with zero attached hydrogens (tertiary/aromatic N) is 1. The van der Waals surface area contributed by atoms with Crippen LogP contribution in [0.15, 0.2) is 24.3 Å². The highest BCUT2D eigenvalue weighted by molar-refractivity contribution is 5.61. The monoisotopic (exact) mass is 257 g/mol. The number of aromatic amines is 1. The first-order chi connectivity index (χ1) is 8.85. The minimum Gasteiger partial charge on any atom is -0.306 e. The molecule has 0 bridgehead atoms. The van der Waals surface area contributed by atoms with Crippen molar-refractivity contribution in [2.24, 2.45) is 0 Å². The third-order valence-electron chi connectivity index (χ3n) is 3.24. The molecule has 2 rings (SSSR count). The predicted molar refractivity (Wildman–Crippen MR) is 80.1 cm³/mol. The Kier molecular flexibility index (Phi) is 3.76. The zero-order valence-corrected chi connectivity index (χ0v) is 12.5. The van der Waals surface area contributed by atoms with Crippen molar-refractivity contribution in [2.45, 2.75) is 46.7 Å². The van der Waals surface area contributed by atoms with E-state index >= 15 is 0 Å². The molecule has 1 heterocycles. The zero-order valence-electron chi connectivity index (χ0n) is 12.5. The molecule has 19 heavy (non-hydrogen) atoms. The molecule has 0 aliphatic rings. The molecule has 0 spiro atoms. The fourth-order valence-corrected chi connectivity index (χ4v) is 1.86. The van der Waals surface area contributed by atoms with Crippen LogP contribution in [-0.2, 0) is 6.54 Å². The van der Waals surface area contributed by atoms with E-state index < -0.39 is 0 Å². The maximum Gasteiger partial charge on any atom is 0.0924 e. The van der Waals surface area contributed by atoms with Crippen molar-refractivity contribution in [3.05, 3.63) is 41.1 Å². The second-order valence-corrected chi connectivity index (χ2v) is 6.18. The van der Waals surface area contributed by atoms with Crippen LogP contribution in [0.2, 0.25) is 0 Å². The molecule has 102 valence electrons. The van der Waals surface area contributed by atoms with E-state index in [0.717, 1.165) is 17.9 Å². The highest BCUT2D eigenvalue weighted by Gasteiger charge is 2.10. The average Bonchev–Trinajstić information content (AvgIpc) is 2.78. The molecule has 3 heteroatoms. The number of hydrogen-bond donors (Lipinski definition) is 2. The van der Waals surface area contributed by atoms with Gasteiger partial charge in [0.15, 0.2) is 0 Å². The number of aromatic nitrogens is 2. The Hall–Kier alpha value is -1.61. The van der Waals surface area contributed by atoms with E-state index in [-0.39, 0.29) is 5.54 Å². The maximum atomic E-state index is 4.39. The standard InChI is InChI=1S/C16H23N3/c1-11-6-7-13(8-12(11)2)15-9-14(18-19-15)10-17-16(3,4)5/h6-9,17H,10H2,1-5H3,(H,18,19). The molecule has 0 saturated heterocycles. The topological polar surface area (TPSA) is 40.7 Å². The lowest BCUT2D eigenvalue weighted by Crippen LogP contribution is -2.35. The Balaban J connectivity index is 2.14. The summed E-state index contributed by atoms with van der Waals surface area (Å²) in [6.07, 6.45) is 0. The van der Waals surface area contributed by atoms with Gasteiger partial charge in [-0.1, -0.05) is 12.1 Å². The summed E-state index contributed by atoms with van der Waals surface area (Å²) in [5, 5.41) is 10.9. The Morgan fingerprint density at radius 1 is 1.11 bits per heavy atom. The van der Waals surface area contributed by atoms with Crippen LogP contribution in [0.5, 0.6) is 0 Å². The van der Waals surface area contributed by atoms with E-state index in [1.165, 1.54) is 16.7 Å². The summed E-state index contributed by atoms with van der Waals surface area (Å²) in [7, 11) is 0. The van der Waals surface area contributed by atoms with Crippen molar-refractivity contribution in [1.29, 1.82) is 0 Å². The highest BCUT2D eigenvalue weighted by Crippen LogP contribution is 2.21. The second-order valence-electron chi connectivity index (χ2n) is 6.18. The number of hydrogen-bond acceptors (Lipinski definition) is 2. The van der Waals surface area contributed by atoms with E-state index in [9.17, 15) is 0 Å². The Morgan fingerprint density at radius 2 is 1.84 bits per heavy atom.